The number of carbonyl (C=O) groups is 2. The standard InChI is InChI=1S/C15H12Cl3NO3S/c1-8(10-3-2-9(16)6-11(10)17)19-14(20)7-22-15(21)12-4-5-13(18)23-12/h2-6,8H,7H2,1H3,(H,19,20). The Morgan fingerprint density at radius 2 is 1.96 bits per heavy atom. The molecule has 0 aliphatic rings. The fraction of sp³-hybridized carbons (Fsp3) is 0.200. The highest BCUT2D eigenvalue weighted by Gasteiger charge is 2.16. The molecule has 122 valence electrons. The van der Waals surface area contributed by atoms with Crippen LogP contribution in [0.1, 0.15) is 28.2 Å². The van der Waals surface area contributed by atoms with Gasteiger partial charge in [0.05, 0.1) is 10.4 Å². The molecule has 1 aromatic carbocycles. The molecule has 0 saturated heterocycles. The number of carbonyl (C=O) groups excluding carboxylic acids is 2. The van der Waals surface area contributed by atoms with Gasteiger partial charge in [0, 0.05) is 10.0 Å². The number of amides is 1. The first-order valence-electron chi connectivity index (χ1n) is 6.53. The van der Waals surface area contributed by atoms with E-state index in [1.165, 1.54) is 0 Å². The molecule has 0 bridgehead atoms. The Kier molecular flexibility index (Phi) is 6.30. The van der Waals surface area contributed by atoms with E-state index >= 15 is 0 Å². The molecule has 2 rings (SSSR count). The molecule has 0 spiro atoms. The zero-order valence-electron chi connectivity index (χ0n) is 11.9. The third-order valence-corrected chi connectivity index (χ3v) is 4.69. The minimum absolute atomic E-state index is 0.344. The number of hydrogen-bond acceptors (Lipinski definition) is 4. The molecule has 23 heavy (non-hydrogen) atoms. The van der Waals surface area contributed by atoms with Crippen molar-refractivity contribution < 1.29 is 14.3 Å². The highest BCUT2D eigenvalue weighted by Crippen LogP contribution is 2.26. The van der Waals surface area contributed by atoms with Gasteiger partial charge in [-0.2, -0.15) is 0 Å². The second kappa shape index (κ2) is 8.02. The van der Waals surface area contributed by atoms with Crippen LogP contribution in [-0.2, 0) is 9.53 Å². The zero-order chi connectivity index (χ0) is 17.0. The van der Waals surface area contributed by atoms with Crippen molar-refractivity contribution in [3.05, 3.63) is 55.2 Å². The van der Waals surface area contributed by atoms with Gasteiger partial charge in [-0.15, -0.1) is 11.3 Å². The van der Waals surface area contributed by atoms with Gasteiger partial charge in [-0.3, -0.25) is 4.79 Å². The lowest BCUT2D eigenvalue weighted by atomic mass is 10.1. The summed E-state index contributed by atoms with van der Waals surface area (Å²) in [7, 11) is 0. The monoisotopic (exact) mass is 391 g/mol. The van der Waals surface area contributed by atoms with Crippen LogP contribution in [0.4, 0.5) is 0 Å². The zero-order valence-corrected chi connectivity index (χ0v) is 15.0. The van der Waals surface area contributed by atoms with Gasteiger partial charge in [0.25, 0.3) is 5.91 Å². The number of halogens is 3. The fourth-order valence-electron chi connectivity index (χ4n) is 1.84. The Bertz CT molecular complexity index is 733. The van der Waals surface area contributed by atoms with Gasteiger partial charge in [0.1, 0.15) is 4.88 Å². The highest BCUT2D eigenvalue weighted by molar-refractivity contribution is 7.17. The van der Waals surface area contributed by atoms with Crippen LogP contribution in [0.2, 0.25) is 14.4 Å². The minimum atomic E-state index is -0.589. The number of nitrogens with one attached hydrogen (secondary N) is 1. The summed E-state index contributed by atoms with van der Waals surface area (Å²) in [6.07, 6.45) is 0. The van der Waals surface area contributed by atoms with E-state index in [1.807, 2.05) is 0 Å². The van der Waals surface area contributed by atoms with E-state index in [4.69, 9.17) is 39.5 Å². The van der Waals surface area contributed by atoms with Crippen LogP contribution < -0.4 is 5.32 Å². The summed E-state index contributed by atoms with van der Waals surface area (Å²) in [5.41, 5.74) is 0.723. The second-order valence-corrected chi connectivity index (χ2v) is 7.19. The average molecular weight is 393 g/mol. The van der Waals surface area contributed by atoms with Crippen molar-refractivity contribution in [1.29, 1.82) is 0 Å². The average Bonchev–Trinajstić information content (AvgIpc) is 2.91. The number of ether oxygens (including phenoxy) is 1. The van der Waals surface area contributed by atoms with Gasteiger partial charge in [0.2, 0.25) is 0 Å². The minimum Gasteiger partial charge on any atom is -0.451 e. The first-order valence-corrected chi connectivity index (χ1v) is 8.48. The van der Waals surface area contributed by atoms with Crippen LogP contribution in [0.3, 0.4) is 0 Å². The predicted molar refractivity (Wildman–Crippen MR) is 92.6 cm³/mol. The molecule has 0 fully saturated rings. The largest absolute Gasteiger partial charge is 0.451 e. The summed E-state index contributed by atoms with van der Waals surface area (Å²) in [5.74, 6) is -1.02. The molecule has 0 radical (unpaired) electrons. The maximum absolute atomic E-state index is 11.9. The third-order valence-electron chi connectivity index (χ3n) is 2.92. The first kappa shape index (κ1) is 18.1. The summed E-state index contributed by atoms with van der Waals surface area (Å²) < 4.78 is 5.42. The van der Waals surface area contributed by atoms with Crippen LogP contribution in [0.25, 0.3) is 0 Å². The summed E-state index contributed by atoms with van der Waals surface area (Å²) in [6, 6.07) is 7.81. The van der Waals surface area contributed by atoms with Crippen molar-refractivity contribution >= 4 is 58.0 Å². The summed E-state index contributed by atoms with van der Waals surface area (Å²) in [6.45, 7) is 1.39. The van der Waals surface area contributed by atoms with Crippen LogP contribution in [0.15, 0.2) is 30.3 Å². The molecule has 0 saturated carbocycles. The fourth-order valence-corrected chi connectivity index (χ4v) is 3.35. The van der Waals surface area contributed by atoms with Crippen molar-refractivity contribution in [2.24, 2.45) is 0 Å². The number of esters is 1. The molecule has 4 nitrogen and oxygen atoms in total. The second-order valence-electron chi connectivity index (χ2n) is 4.63. The Morgan fingerprint density at radius 3 is 2.57 bits per heavy atom. The molecule has 8 heteroatoms. The van der Waals surface area contributed by atoms with E-state index in [0.29, 0.717) is 19.3 Å². The van der Waals surface area contributed by atoms with E-state index in [9.17, 15) is 9.59 Å². The van der Waals surface area contributed by atoms with Crippen molar-refractivity contribution in [3.8, 4) is 0 Å². The lowest BCUT2D eigenvalue weighted by Gasteiger charge is -2.16. The molecule has 2 aromatic rings. The maximum Gasteiger partial charge on any atom is 0.348 e. The lowest BCUT2D eigenvalue weighted by Crippen LogP contribution is -2.31. The van der Waals surface area contributed by atoms with Crippen LogP contribution in [-0.4, -0.2) is 18.5 Å². The van der Waals surface area contributed by atoms with Gasteiger partial charge in [0.15, 0.2) is 6.61 Å². The highest BCUT2D eigenvalue weighted by atomic mass is 35.5. The van der Waals surface area contributed by atoms with Gasteiger partial charge in [-0.1, -0.05) is 40.9 Å². The van der Waals surface area contributed by atoms with E-state index in [1.54, 1.807) is 37.3 Å². The Morgan fingerprint density at radius 1 is 1.22 bits per heavy atom. The molecule has 1 N–H and O–H groups in total. The molecule has 1 aromatic heterocycles. The number of thiophene rings is 1. The Balaban J connectivity index is 1.88. The van der Waals surface area contributed by atoms with E-state index < -0.39 is 11.9 Å². The molecule has 1 unspecified atom stereocenters. The summed E-state index contributed by atoms with van der Waals surface area (Å²) in [5, 5.41) is 3.67. The normalized spacial score (nSPS) is 11.8. The van der Waals surface area contributed by atoms with Gasteiger partial charge in [-0.25, -0.2) is 4.79 Å². The van der Waals surface area contributed by atoms with Crippen molar-refractivity contribution in [3.63, 3.8) is 0 Å². The van der Waals surface area contributed by atoms with Crippen molar-refractivity contribution in [2.45, 2.75) is 13.0 Å². The molecule has 0 aliphatic carbocycles. The Hall–Kier alpha value is -1.27. The lowest BCUT2D eigenvalue weighted by molar-refractivity contribution is -0.124. The van der Waals surface area contributed by atoms with Crippen LogP contribution in [0, 0.1) is 0 Å². The quantitative estimate of drug-likeness (QED) is 0.748. The molecule has 1 amide bonds. The molecular formula is C15H12Cl3NO3S. The van der Waals surface area contributed by atoms with Gasteiger partial charge < -0.3 is 10.1 Å². The third kappa shape index (κ3) is 5.11. The SMILES string of the molecule is CC(NC(=O)COC(=O)c1ccc(Cl)s1)c1ccc(Cl)cc1Cl. The number of rotatable bonds is 5. The molecular weight excluding hydrogens is 381 g/mol. The molecule has 0 aliphatic heterocycles. The van der Waals surface area contributed by atoms with Crippen molar-refractivity contribution in [1.82, 2.24) is 5.32 Å². The predicted octanol–water partition coefficient (Wildman–Crippen LogP) is 4.74. The van der Waals surface area contributed by atoms with Gasteiger partial charge in [-0.05, 0) is 36.8 Å². The van der Waals surface area contributed by atoms with E-state index in [0.717, 1.165) is 16.9 Å². The number of benzene rings is 1. The molecule has 1 atom stereocenters. The molecule has 1 heterocycles. The first-order chi connectivity index (χ1) is 10.9. The topological polar surface area (TPSA) is 55.4 Å². The van der Waals surface area contributed by atoms with E-state index in [2.05, 4.69) is 5.32 Å². The van der Waals surface area contributed by atoms with Crippen LogP contribution in [0.5, 0.6) is 0 Å². The van der Waals surface area contributed by atoms with E-state index in [-0.39, 0.29) is 12.6 Å². The summed E-state index contributed by atoms with van der Waals surface area (Å²) >= 11 is 18.7. The number of hydrogen-bond donors (Lipinski definition) is 1. The summed E-state index contributed by atoms with van der Waals surface area (Å²) in [4.78, 5) is 23.9. The van der Waals surface area contributed by atoms with Crippen LogP contribution >= 0.6 is 46.1 Å². The smallest absolute Gasteiger partial charge is 0.348 e. The Labute approximate surface area is 152 Å². The van der Waals surface area contributed by atoms with Gasteiger partial charge >= 0.3 is 5.97 Å². The maximum atomic E-state index is 11.9. The van der Waals surface area contributed by atoms with Crippen molar-refractivity contribution in [2.75, 3.05) is 6.61 Å².